The van der Waals surface area contributed by atoms with Gasteiger partial charge in [-0.2, -0.15) is 0 Å². The summed E-state index contributed by atoms with van der Waals surface area (Å²) in [5, 5.41) is 6.03. The summed E-state index contributed by atoms with van der Waals surface area (Å²) in [5.41, 5.74) is 14.4. The van der Waals surface area contributed by atoms with E-state index in [2.05, 4.69) is 99.1 Å². The minimum atomic E-state index is -0.639. The Balaban J connectivity index is 0.000000241. The summed E-state index contributed by atoms with van der Waals surface area (Å²) in [6.07, 6.45) is 20.9. The zero-order chi connectivity index (χ0) is 61.6. The Bertz CT molecular complexity index is 3380. The Labute approximate surface area is 528 Å². The first-order chi connectivity index (χ1) is 41.5. The van der Waals surface area contributed by atoms with Crippen molar-refractivity contribution in [2.45, 2.75) is 143 Å². The molecule has 6 aromatic heterocycles. The molecule has 2 fully saturated rings. The number of pyridine rings is 2. The number of hydrogen-bond donors (Lipinski definition) is 4. The van der Waals surface area contributed by atoms with E-state index in [1.165, 1.54) is 31.8 Å². The van der Waals surface area contributed by atoms with Gasteiger partial charge in [0.05, 0.1) is 72.5 Å². The molecule has 8 aromatic rings. The number of aromatic nitrogens is 8. The molecular formula is C62H75BN10NaO13. The van der Waals surface area contributed by atoms with Gasteiger partial charge in [-0.1, -0.05) is 49.9 Å². The molecule has 0 saturated carbocycles. The van der Waals surface area contributed by atoms with Crippen LogP contribution in [0, 0.1) is 13.8 Å². The normalized spacial score (nSPS) is 13.5. The van der Waals surface area contributed by atoms with Crippen molar-refractivity contribution in [2.24, 2.45) is 5.73 Å². The van der Waals surface area contributed by atoms with E-state index in [0.717, 1.165) is 159 Å². The van der Waals surface area contributed by atoms with Crippen molar-refractivity contribution in [3.63, 3.8) is 0 Å². The van der Waals surface area contributed by atoms with Crippen molar-refractivity contribution in [2.75, 3.05) is 26.4 Å². The van der Waals surface area contributed by atoms with Crippen molar-refractivity contribution < 1.29 is 91.1 Å². The quantitative estimate of drug-likeness (QED) is 0.0190. The number of oxazole rings is 2. The SMILES string of the molecule is CC(=O)OOC(C)=O.Cc1ccc2cc(-c3cnc([C@@H](N)CCCCCC(=O)c4ncco4)[nH]3)ccc2n1.Cc1ccc2cc(-c3cnc([C@H](CCCCCC(=O)c4ncco4)NC4CCOCC4)[nH]3)ccc2n1.O=C1CCOCC1.[B-]OC(C)=O.[Na+]. The fourth-order valence-corrected chi connectivity index (χ4v) is 9.00. The number of carbonyl (C=O) groups excluding carboxylic acids is 6. The zero-order valence-electron chi connectivity index (χ0n) is 50.3. The number of Topliss-reactive ketones (excluding diaryl/α,β-unsaturated/α-hetero) is 3. The number of nitrogens with zero attached hydrogens (tertiary/aromatic N) is 6. The number of unbranched alkanes of at least 4 members (excludes halogenated alkanes) is 4. The second-order valence-electron chi connectivity index (χ2n) is 20.4. The molecule has 2 aliphatic rings. The molecule has 25 heteroatoms. The molecule has 5 N–H and O–H groups in total. The molecular weight excluding hydrogens is 1130 g/mol. The van der Waals surface area contributed by atoms with Crippen LogP contribution in [0.3, 0.4) is 0 Å². The van der Waals surface area contributed by atoms with Crippen LogP contribution in [0.4, 0.5) is 0 Å². The van der Waals surface area contributed by atoms with Crippen LogP contribution in [-0.4, -0.2) is 116 Å². The maximum absolute atomic E-state index is 12.1. The first kappa shape index (κ1) is 70.2. The first-order valence-corrected chi connectivity index (χ1v) is 28.7. The zero-order valence-corrected chi connectivity index (χ0v) is 52.3. The first-order valence-electron chi connectivity index (χ1n) is 28.7. The Morgan fingerprint density at radius 3 is 1.55 bits per heavy atom. The minimum absolute atomic E-state index is 0. The van der Waals surface area contributed by atoms with Crippen molar-refractivity contribution in [3.05, 3.63) is 133 Å². The third kappa shape index (κ3) is 25.0. The molecule has 0 amide bonds. The summed E-state index contributed by atoms with van der Waals surface area (Å²) >= 11 is 0. The third-order valence-corrected chi connectivity index (χ3v) is 13.5. The van der Waals surface area contributed by atoms with Crippen LogP contribution >= 0.6 is 0 Å². The molecule has 2 saturated heterocycles. The fraction of sp³-hybridized carbons (Fsp3) is 0.419. The molecule has 8 heterocycles. The molecule has 2 aromatic carbocycles. The molecule has 0 unspecified atom stereocenters. The van der Waals surface area contributed by atoms with Gasteiger partial charge in [-0.25, -0.2) is 39.3 Å². The average molecular weight is 1200 g/mol. The van der Waals surface area contributed by atoms with Crippen LogP contribution in [0.5, 0.6) is 0 Å². The maximum Gasteiger partial charge on any atom is 1.00 e. The molecule has 10 rings (SSSR count). The number of H-pyrrole nitrogens is 2. The molecule has 0 spiro atoms. The fourth-order valence-electron chi connectivity index (χ4n) is 9.00. The molecule has 87 heavy (non-hydrogen) atoms. The Morgan fingerprint density at radius 1 is 0.632 bits per heavy atom. The Morgan fingerprint density at radius 2 is 1.10 bits per heavy atom. The number of nitrogens with two attached hydrogens (primary N) is 1. The van der Waals surface area contributed by atoms with Gasteiger partial charge in [-0.3, -0.25) is 29.1 Å². The number of benzene rings is 2. The number of fused-ring (bicyclic) bond motifs is 2. The number of aryl methyl sites for hydroxylation is 2. The number of aromatic amines is 2. The number of imidazole rings is 2. The van der Waals surface area contributed by atoms with Crippen LogP contribution < -0.4 is 40.6 Å². The van der Waals surface area contributed by atoms with E-state index in [-0.39, 0.29) is 65.0 Å². The van der Waals surface area contributed by atoms with Gasteiger partial charge in [0.1, 0.15) is 30.0 Å². The van der Waals surface area contributed by atoms with Crippen molar-refractivity contribution in [1.29, 1.82) is 0 Å². The molecule has 2 aliphatic heterocycles. The summed E-state index contributed by atoms with van der Waals surface area (Å²) in [6, 6.07) is 21.1. The summed E-state index contributed by atoms with van der Waals surface area (Å²) < 4.78 is 24.2. The van der Waals surface area contributed by atoms with Gasteiger partial charge >= 0.3 is 41.5 Å². The van der Waals surface area contributed by atoms with Gasteiger partial charge < -0.3 is 52.0 Å². The van der Waals surface area contributed by atoms with Crippen molar-refractivity contribution >= 4 is 65.1 Å². The minimum Gasteiger partial charge on any atom is -0.793 e. The van der Waals surface area contributed by atoms with Crippen molar-refractivity contribution in [3.8, 4) is 22.5 Å². The number of hydrogen-bond acceptors (Lipinski definition) is 21. The van der Waals surface area contributed by atoms with Gasteiger partial charge in [0.25, 0.3) is 11.8 Å². The largest absolute Gasteiger partial charge is 1.00 e. The molecule has 455 valence electrons. The number of ketones is 3. The van der Waals surface area contributed by atoms with E-state index in [1.807, 2.05) is 50.5 Å². The van der Waals surface area contributed by atoms with E-state index in [0.29, 0.717) is 50.7 Å². The average Bonchev–Trinajstić information content (AvgIpc) is 3.78. The monoisotopic (exact) mass is 1200 g/mol. The van der Waals surface area contributed by atoms with E-state index in [4.69, 9.17) is 29.0 Å². The summed E-state index contributed by atoms with van der Waals surface area (Å²) in [4.78, 5) is 104. The van der Waals surface area contributed by atoms with E-state index in [1.54, 1.807) is 0 Å². The van der Waals surface area contributed by atoms with E-state index < -0.39 is 17.9 Å². The summed E-state index contributed by atoms with van der Waals surface area (Å²) in [7, 11) is 4.32. The topological polar surface area (TPSA) is 322 Å². The predicted octanol–water partition coefficient (Wildman–Crippen LogP) is 7.35. The van der Waals surface area contributed by atoms with Crippen LogP contribution in [0.15, 0.2) is 107 Å². The van der Waals surface area contributed by atoms with Crippen LogP contribution in [-0.2, 0) is 43.1 Å². The van der Waals surface area contributed by atoms with E-state index >= 15 is 0 Å². The molecule has 2 atom stereocenters. The molecule has 0 aliphatic carbocycles. The second-order valence-corrected chi connectivity index (χ2v) is 20.4. The summed E-state index contributed by atoms with van der Waals surface area (Å²) in [5.74, 6) is 0.634. The third-order valence-electron chi connectivity index (χ3n) is 13.5. The van der Waals surface area contributed by atoms with Gasteiger partial charge in [0.15, 0.2) is 0 Å². The van der Waals surface area contributed by atoms with Crippen LogP contribution in [0.25, 0.3) is 44.3 Å². The predicted molar refractivity (Wildman–Crippen MR) is 319 cm³/mol. The number of ether oxygens (including phenoxy) is 2. The second kappa shape index (κ2) is 37.9. The summed E-state index contributed by atoms with van der Waals surface area (Å²) in [6.45, 7) is 10.4. The van der Waals surface area contributed by atoms with Crippen LogP contribution in [0.2, 0.25) is 0 Å². The van der Waals surface area contributed by atoms with Gasteiger partial charge in [-0.15, -0.1) is 0 Å². The molecule has 3 radical (unpaired) electrons. The Kier molecular flexibility index (Phi) is 30.5. The standard InChI is InChI=1S/C28H33N5O3.C23H25N5O2.C5H8O2.C4H6O4.C2H3BO2.Na/c1-19-7-8-20-17-21(9-10-23(20)31-19)25-18-30-27(33-25)24(32-22-11-14-35-15-12-22)5-3-2-4-6-26(34)28-29-13-16-36-28;1-15-7-8-16-13-17(9-10-19(16)27-15)20-14-26-22(28-20)18(24)5-3-2-4-6-21(29)23-25-11-12-30-23;6-5-1-3-7-4-2-5;1-3(5)7-8-4(2)6;1-2(4)5-3;/h7-10,13,16-18,22,24,32H,2-6,11-12,14-15H2,1H3,(H,30,33);7-14,18H,2-6,24H2,1H3,(H,26,28);1-4H2;1-2H3;1H3;/q;;;;-1;+1/t24-;18-;;;;/m00..../s1. The van der Waals surface area contributed by atoms with Crippen molar-refractivity contribution in [1.82, 2.24) is 45.2 Å². The number of nitrogens with one attached hydrogen (secondary N) is 3. The van der Waals surface area contributed by atoms with E-state index in [9.17, 15) is 28.8 Å². The van der Waals surface area contributed by atoms with Gasteiger partial charge in [0.2, 0.25) is 17.5 Å². The van der Waals surface area contributed by atoms with Gasteiger partial charge in [0, 0.05) is 99.0 Å². The Hall–Kier alpha value is -7.58. The molecule has 23 nitrogen and oxygen atoms in total. The molecule has 0 bridgehead atoms. The smallest absolute Gasteiger partial charge is 0.793 e. The maximum atomic E-state index is 12.1. The number of carbonyl (C=O) groups is 6. The van der Waals surface area contributed by atoms with Crippen LogP contribution in [0.1, 0.15) is 167 Å². The number of rotatable bonds is 20. The van der Waals surface area contributed by atoms with Gasteiger partial charge in [-0.05, 0) is 88.8 Å².